The van der Waals surface area contributed by atoms with E-state index in [9.17, 15) is 0 Å². The minimum absolute atomic E-state index is 0.138. The number of fused-ring (bicyclic) bond motifs is 13. The van der Waals surface area contributed by atoms with E-state index in [4.69, 9.17) is 8.83 Å². The molecule has 0 fully saturated rings. The van der Waals surface area contributed by atoms with E-state index < -0.39 is 0 Å². The van der Waals surface area contributed by atoms with Crippen LogP contribution in [0.2, 0.25) is 0 Å². The van der Waals surface area contributed by atoms with Crippen molar-refractivity contribution in [3.05, 3.63) is 210 Å². The third-order valence-corrected chi connectivity index (χ3v) is 14.3. The molecule has 300 valence electrons. The predicted molar refractivity (Wildman–Crippen MR) is 262 cm³/mol. The maximum atomic E-state index is 7.17. The molecule has 3 heteroatoms. The van der Waals surface area contributed by atoms with Crippen LogP contribution in [-0.2, 0) is 10.8 Å². The summed E-state index contributed by atoms with van der Waals surface area (Å²) in [5.41, 5.74) is 21.4. The summed E-state index contributed by atoms with van der Waals surface area (Å²) in [6, 6.07) is 68.6. The lowest BCUT2D eigenvalue weighted by Crippen LogP contribution is -2.16. The molecule has 0 atom stereocenters. The highest BCUT2D eigenvalue weighted by molar-refractivity contribution is 6.27. The molecular formula is C60H43NO2. The molecule has 0 radical (unpaired) electrons. The summed E-state index contributed by atoms with van der Waals surface area (Å²) in [7, 11) is 0. The standard InChI is InChI=1S/C60H43NO2/c1-59(2)48-19-11-8-16-42(48)44-28-24-38(33-50(44)59)39-32-47-57-55(31-30-54-56(57)46-18-10-13-21-53(46)62-54)63-58(47)52(34-39)61(40-25-22-37(23-26-40)36-14-6-5-7-15-36)41-27-29-45-43-17-9-12-20-49(43)60(3,4)51(45)35-41/h5-35H,1-4H3. The Balaban J connectivity index is 1.11. The maximum absolute atomic E-state index is 7.17. The fraction of sp³-hybridized carbons (Fsp3) is 0.100. The maximum Gasteiger partial charge on any atom is 0.159 e. The van der Waals surface area contributed by atoms with E-state index in [1.807, 2.05) is 6.07 Å². The van der Waals surface area contributed by atoms with Crippen LogP contribution in [0.15, 0.2) is 197 Å². The highest BCUT2D eigenvalue weighted by Gasteiger charge is 2.37. The zero-order chi connectivity index (χ0) is 42.2. The van der Waals surface area contributed by atoms with Gasteiger partial charge in [0.25, 0.3) is 0 Å². The van der Waals surface area contributed by atoms with Gasteiger partial charge in [0.2, 0.25) is 0 Å². The van der Waals surface area contributed by atoms with Crippen LogP contribution in [0.1, 0.15) is 49.9 Å². The van der Waals surface area contributed by atoms with Crippen LogP contribution in [0, 0.1) is 0 Å². The van der Waals surface area contributed by atoms with E-state index in [0.29, 0.717) is 0 Å². The first-order valence-corrected chi connectivity index (χ1v) is 22.0. The van der Waals surface area contributed by atoms with Crippen LogP contribution >= 0.6 is 0 Å². The summed E-state index contributed by atoms with van der Waals surface area (Å²) in [4.78, 5) is 2.42. The topological polar surface area (TPSA) is 29.5 Å². The molecule has 63 heavy (non-hydrogen) atoms. The minimum Gasteiger partial charge on any atom is -0.456 e. The van der Waals surface area contributed by atoms with Gasteiger partial charge in [0.15, 0.2) is 5.58 Å². The number of benzene rings is 9. The molecule has 2 aliphatic rings. The fourth-order valence-electron chi connectivity index (χ4n) is 11.1. The van der Waals surface area contributed by atoms with Gasteiger partial charge in [-0.15, -0.1) is 0 Å². The van der Waals surface area contributed by atoms with Crippen molar-refractivity contribution in [2.45, 2.75) is 38.5 Å². The number of hydrogen-bond acceptors (Lipinski definition) is 3. The average Bonchev–Trinajstić information content (AvgIpc) is 4.02. The first-order valence-electron chi connectivity index (χ1n) is 22.0. The number of furan rings is 2. The van der Waals surface area contributed by atoms with Crippen molar-refractivity contribution < 1.29 is 8.83 Å². The van der Waals surface area contributed by atoms with Crippen LogP contribution < -0.4 is 4.90 Å². The molecule has 0 spiro atoms. The Morgan fingerprint density at radius 2 is 0.889 bits per heavy atom. The Morgan fingerprint density at radius 1 is 0.349 bits per heavy atom. The van der Waals surface area contributed by atoms with Crippen LogP contribution in [0.3, 0.4) is 0 Å². The Labute approximate surface area is 366 Å². The van der Waals surface area contributed by atoms with Crippen molar-refractivity contribution in [3.8, 4) is 44.5 Å². The van der Waals surface area contributed by atoms with Gasteiger partial charge in [-0.3, -0.25) is 0 Å². The predicted octanol–water partition coefficient (Wildman–Crippen LogP) is 16.9. The third kappa shape index (κ3) is 5.14. The lowest BCUT2D eigenvalue weighted by Gasteiger charge is -2.29. The molecule has 3 nitrogen and oxygen atoms in total. The highest BCUT2D eigenvalue weighted by atomic mass is 16.3. The summed E-state index contributed by atoms with van der Waals surface area (Å²) >= 11 is 0. The first-order chi connectivity index (χ1) is 30.7. The first kappa shape index (κ1) is 36.1. The van der Waals surface area contributed by atoms with Crippen molar-refractivity contribution in [1.82, 2.24) is 0 Å². The number of hydrogen-bond donors (Lipinski definition) is 0. The summed E-state index contributed by atoms with van der Waals surface area (Å²) in [5, 5.41) is 4.27. The quantitative estimate of drug-likeness (QED) is 0.173. The van der Waals surface area contributed by atoms with Gasteiger partial charge in [-0.25, -0.2) is 0 Å². The lowest BCUT2D eigenvalue weighted by atomic mass is 9.81. The second kappa shape index (κ2) is 13.0. The van der Waals surface area contributed by atoms with E-state index in [1.165, 1.54) is 61.2 Å². The Hall–Kier alpha value is -7.62. The zero-order valence-corrected chi connectivity index (χ0v) is 35.7. The Morgan fingerprint density at radius 3 is 1.62 bits per heavy atom. The molecule has 2 heterocycles. The van der Waals surface area contributed by atoms with Gasteiger partial charge in [0, 0.05) is 43.7 Å². The van der Waals surface area contributed by atoms with Gasteiger partial charge in [-0.05, 0) is 127 Å². The molecule has 0 aliphatic heterocycles. The van der Waals surface area contributed by atoms with E-state index in [0.717, 1.165) is 66.5 Å². The van der Waals surface area contributed by atoms with Crippen molar-refractivity contribution >= 4 is 60.9 Å². The largest absolute Gasteiger partial charge is 0.456 e. The molecule has 0 amide bonds. The molecule has 0 N–H and O–H groups in total. The van der Waals surface area contributed by atoms with E-state index in [-0.39, 0.29) is 10.8 Å². The number of nitrogens with zero attached hydrogens (tertiary/aromatic N) is 1. The highest BCUT2D eigenvalue weighted by Crippen LogP contribution is 2.54. The third-order valence-electron chi connectivity index (χ3n) is 14.3. The van der Waals surface area contributed by atoms with Gasteiger partial charge >= 0.3 is 0 Å². The summed E-state index contributed by atoms with van der Waals surface area (Å²) in [6.07, 6.45) is 0. The van der Waals surface area contributed by atoms with E-state index >= 15 is 0 Å². The van der Waals surface area contributed by atoms with Crippen molar-refractivity contribution in [1.29, 1.82) is 0 Å². The van der Waals surface area contributed by atoms with E-state index in [2.05, 4.69) is 215 Å². The molecule has 2 aromatic heterocycles. The van der Waals surface area contributed by atoms with Gasteiger partial charge in [0.05, 0.1) is 5.69 Å². The number of anilines is 3. The molecule has 9 aromatic carbocycles. The molecule has 11 aromatic rings. The zero-order valence-electron chi connectivity index (χ0n) is 35.7. The minimum atomic E-state index is -0.177. The average molecular weight is 810 g/mol. The Bertz CT molecular complexity index is 3680. The number of para-hydroxylation sites is 1. The van der Waals surface area contributed by atoms with Gasteiger partial charge in [-0.1, -0.05) is 155 Å². The normalized spacial score (nSPS) is 14.3. The fourth-order valence-corrected chi connectivity index (χ4v) is 11.1. The second-order valence-electron chi connectivity index (χ2n) is 18.5. The van der Waals surface area contributed by atoms with Crippen LogP contribution in [0.4, 0.5) is 17.1 Å². The lowest BCUT2D eigenvalue weighted by molar-refractivity contribution is 0.660. The molecule has 0 bridgehead atoms. The summed E-state index contributed by atoms with van der Waals surface area (Å²) in [5.74, 6) is 0. The van der Waals surface area contributed by atoms with Crippen LogP contribution in [0.25, 0.3) is 88.4 Å². The van der Waals surface area contributed by atoms with Gasteiger partial charge in [-0.2, -0.15) is 0 Å². The molecule has 0 saturated carbocycles. The van der Waals surface area contributed by atoms with Gasteiger partial charge in [0.1, 0.15) is 16.7 Å². The monoisotopic (exact) mass is 809 g/mol. The summed E-state index contributed by atoms with van der Waals surface area (Å²) in [6.45, 7) is 9.42. The SMILES string of the molecule is CC1(C)c2ccccc2-c2ccc(-c3cc(N(c4ccc(-c5ccccc5)cc4)c4ccc5c(c4)C(C)(C)c4ccccc4-5)c4oc5ccc6oc7ccccc7c6c5c4c3)cc21. The smallest absolute Gasteiger partial charge is 0.159 e. The Kier molecular flexibility index (Phi) is 7.42. The van der Waals surface area contributed by atoms with Crippen molar-refractivity contribution in [2.24, 2.45) is 0 Å². The van der Waals surface area contributed by atoms with Crippen molar-refractivity contribution in [2.75, 3.05) is 4.90 Å². The van der Waals surface area contributed by atoms with Crippen molar-refractivity contribution in [3.63, 3.8) is 0 Å². The van der Waals surface area contributed by atoms with Crippen LogP contribution in [-0.4, -0.2) is 0 Å². The number of rotatable bonds is 5. The molecule has 2 aliphatic carbocycles. The second-order valence-corrected chi connectivity index (χ2v) is 18.5. The molecule has 13 rings (SSSR count). The van der Waals surface area contributed by atoms with Gasteiger partial charge < -0.3 is 13.7 Å². The molecule has 0 unspecified atom stereocenters. The van der Waals surface area contributed by atoms with E-state index in [1.54, 1.807) is 0 Å². The molecule has 0 saturated heterocycles. The van der Waals surface area contributed by atoms with Crippen LogP contribution in [0.5, 0.6) is 0 Å². The summed E-state index contributed by atoms with van der Waals surface area (Å²) < 4.78 is 13.7. The molecular weight excluding hydrogens is 767 g/mol.